The summed E-state index contributed by atoms with van der Waals surface area (Å²) in [6.07, 6.45) is 1.14. The van der Waals surface area contributed by atoms with Crippen LogP contribution in [0.5, 0.6) is 0 Å². The summed E-state index contributed by atoms with van der Waals surface area (Å²) < 4.78 is 5.36. The fourth-order valence-electron chi connectivity index (χ4n) is 2.57. The van der Waals surface area contributed by atoms with Crippen molar-refractivity contribution in [3.63, 3.8) is 0 Å². The normalized spacial score (nSPS) is 18.4. The highest BCUT2D eigenvalue weighted by molar-refractivity contribution is 6.31. The summed E-state index contributed by atoms with van der Waals surface area (Å²) in [4.78, 5) is 12.2. The lowest BCUT2D eigenvalue weighted by atomic mass is 9.94. The maximum absolute atomic E-state index is 12.2. The molecule has 0 spiro atoms. The van der Waals surface area contributed by atoms with Gasteiger partial charge in [-0.2, -0.15) is 0 Å². The molecule has 1 saturated heterocycles. The molecule has 22 heavy (non-hydrogen) atoms. The fourth-order valence-corrected chi connectivity index (χ4v) is 2.77. The smallest absolute Gasteiger partial charge is 0.222 e. The van der Waals surface area contributed by atoms with E-state index in [1.165, 1.54) is 0 Å². The van der Waals surface area contributed by atoms with Crippen LogP contribution in [-0.2, 0) is 16.0 Å². The molecule has 0 bridgehead atoms. The number of halogens is 2. The summed E-state index contributed by atoms with van der Waals surface area (Å²) in [6, 6.07) is 7.84. The van der Waals surface area contributed by atoms with E-state index in [2.05, 4.69) is 10.6 Å². The standard InChI is InChI=1S/C16H23ClN2O2.ClH/c1-16(2,10-12-5-3-4-6-14(12)17)19-15(20)9-13-11-21-8-7-18-13;/h3-6,13,18H,7-11H2,1-2H3,(H,19,20);1H. The third kappa shape index (κ3) is 6.13. The van der Waals surface area contributed by atoms with Crippen LogP contribution in [0.25, 0.3) is 0 Å². The van der Waals surface area contributed by atoms with Crippen molar-refractivity contribution in [1.29, 1.82) is 0 Å². The summed E-state index contributed by atoms with van der Waals surface area (Å²) in [6.45, 7) is 6.15. The number of nitrogens with one attached hydrogen (secondary N) is 2. The average molecular weight is 347 g/mol. The van der Waals surface area contributed by atoms with E-state index >= 15 is 0 Å². The second kappa shape index (κ2) is 8.73. The third-order valence-corrected chi connectivity index (χ3v) is 3.87. The number of ether oxygens (including phenoxy) is 1. The van der Waals surface area contributed by atoms with Crippen LogP contribution in [0.4, 0.5) is 0 Å². The zero-order chi connectivity index (χ0) is 15.3. The van der Waals surface area contributed by atoms with Gasteiger partial charge in [0.1, 0.15) is 0 Å². The van der Waals surface area contributed by atoms with Crippen molar-refractivity contribution in [3.8, 4) is 0 Å². The highest BCUT2D eigenvalue weighted by Gasteiger charge is 2.24. The van der Waals surface area contributed by atoms with Gasteiger partial charge in [-0.05, 0) is 31.9 Å². The van der Waals surface area contributed by atoms with Crippen LogP contribution in [-0.4, -0.2) is 37.2 Å². The van der Waals surface area contributed by atoms with E-state index in [1.54, 1.807) is 0 Å². The predicted molar refractivity (Wildman–Crippen MR) is 91.9 cm³/mol. The van der Waals surface area contributed by atoms with Crippen molar-refractivity contribution in [1.82, 2.24) is 10.6 Å². The van der Waals surface area contributed by atoms with Crippen molar-refractivity contribution in [2.75, 3.05) is 19.8 Å². The molecule has 1 atom stereocenters. The van der Waals surface area contributed by atoms with Crippen LogP contribution >= 0.6 is 24.0 Å². The molecule has 0 radical (unpaired) electrons. The van der Waals surface area contributed by atoms with Gasteiger partial charge in [-0.1, -0.05) is 29.8 Å². The van der Waals surface area contributed by atoms with Crippen molar-refractivity contribution in [3.05, 3.63) is 34.9 Å². The zero-order valence-corrected chi connectivity index (χ0v) is 14.6. The number of carbonyl (C=O) groups excluding carboxylic acids is 1. The topological polar surface area (TPSA) is 50.4 Å². The van der Waals surface area contributed by atoms with Crippen molar-refractivity contribution < 1.29 is 9.53 Å². The number of carbonyl (C=O) groups is 1. The molecule has 1 aromatic rings. The summed E-state index contributed by atoms with van der Waals surface area (Å²) in [7, 11) is 0. The average Bonchev–Trinajstić information content (AvgIpc) is 2.41. The summed E-state index contributed by atoms with van der Waals surface area (Å²) in [5.74, 6) is 0.0371. The SMILES string of the molecule is CC(C)(Cc1ccccc1Cl)NC(=O)CC1COCCN1.Cl. The Morgan fingerprint density at radius 3 is 2.82 bits per heavy atom. The second-order valence-corrected chi connectivity index (χ2v) is 6.54. The molecular formula is C16H24Cl2N2O2. The molecule has 1 aromatic carbocycles. The monoisotopic (exact) mass is 346 g/mol. The molecule has 2 rings (SSSR count). The minimum Gasteiger partial charge on any atom is -0.378 e. The van der Waals surface area contributed by atoms with E-state index in [-0.39, 0.29) is 29.9 Å². The first-order valence-corrected chi connectivity index (χ1v) is 7.70. The Labute approximate surface area is 143 Å². The molecule has 2 N–H and O–H groups in total. The first-order chi connectivity index (χ1) is 9.96. The number of rotatable bonds is 5. The first-order valence-electron chi connectivity index (χ1n) is 7.32. The minimum absolute atomic E-state index is 0. The molecule has 1 aliphatic rings. The Hall–Kier alpha value is -0.810. The number of benzene rings is 1. The Kier molecular flexibility index (Phi) is 7.63. The Morgan fingerprint density at radius 2 is 2.18 bits per heavy atom. The lowest BCUT2D eigenvalue weighted by Crippen LogP contribution is -2.49. The van der Waals surface area contributed by atoms with E-state index in [9.17, 15) is 4.79 Å². The molecule has 4 nitrogen and oxygen atoms in total. The molecule has 124 valence electrons. The Morgan fingerprint density at radius 1 is 1.45 bits per heavy atom. The molecule has 0 aliphatic carbocycles. The largest absolute Gasteiger partial charge is 0.378 e. The second-order valence-electron chi connectivity index (χ2n) is 6.13. The molecule has 1 fully saturated rings. The van der Waals surface area contributed by atoms with Gasteiger partial charge in [0.2, 0.25) is 5.91 Å². The molecule has 0 aromatic heterocycles. The van der Waals surface area contributed by atoms with Crippen LogP contribution in [0.15, 0.2) is 24.3 Å². The van der Waals surface area contributed by atoms with E-state index < -0.39 is 0 Å². The van der Waals surface area contributed by atoms with Gasteiger partial charge in [-0.25, -0.2) is 0 Å². The molecule has 1 unspecified atom stereocenters. The van der Waals surface area contributed by atoms with Crippen molar-refractivity contribution in [2.24, 2.45) is 0 Å². The molecule has 6 heteroatoms. The van der Waals surface area contributed by atoms with E-state index in [0.717, 1.165) is 23.7 Å². The maximum atomic E-state index is 12.2. The zero-order valence-electron chi connectivity index (χ0n) is 13.0. The number of hydrogen-bond acceptors (Lipinski definition) is 3. The Balaban J connectivity index is 0.00000242. The van der Waals surface area contributed by atoms with E-state index in [0.29, 0.717) is 19.4 Å². The first kappa shape index (κ1) is 19.2. The quantitative estimate of drug-likeness (QED) is 0.861. The number of amides is 1. The van der Waals surface area contributed by atoms with Gasteiger partial charge in [-0.3, -0.25) is 4.79 Å². The minimum atomic E-state index is -0.336. The van der Waals surface area contributed by atoms with Gasteiger partial charge in [-0.15, -0.1) is 12.4 Å². The van der Waals surface area contributed by atoms with E-state index in [4.69, 9.17) is 16.3 Å². The van der Waals surface area contributed by atoms with Gasteiger partial charge in [0, 0.05) is 29.6 Å². The summed E-state index contributed by atoms with van der Waals surface area (Å²) >= 11 is 6.18. The maximum Gasteiger partial charge on any atom is 0.222 e. The number of hydrogen-bond donors (Lipinski definition) is 2. The lowest BCUT2D eigenvalue weighted by Gasteiger charge is -2.29. The van der Waals surface area contributed by atoms with Crippen LogP contribution in [0.1, 0.15) is 25.8 Å². The third-order valence-electron chi connectivity index (χ3n) is 3.50. The molecular weight excluding hydrogens is 323 g/mol. The van der Waals surface area contributed by atoms with Crippen LogP contribution in [0.2, 0.25) is 5.02 Å². The van der Waals surface area contributed by atoms with E-state index in [1.807, 2.05) is 38.1 Å². The number of morpholine rings is 1. The van der Waals surface area contributed by atoms with Crippen LogP contribution in [0, 0.1) is 0 Å². The van der Waals surface area contributed by atoms with Crippen molar-refractivity contribution in [2.45, 2.75) is 38.3 Å². The lowest BCUT2D eigenvalue weighted by molar-refractivity contribution is -0.123. The van der Waals surface area contributed by atoms with Gasteiger partial charge in [0.15, 0.2) is 0 Å². The summed E-state index contributed by atoms with van der Waals surface area (Å²) in [5.41, 5.74) is 0.709. The Bertz CT molecular complexity index is 489. The highest BCUT2D eigenvalue weighted by Crippen LogP contribution is 2.20. The predicted octanol–water partition coefficient (Wildman–Crippen LogP) is 2.58. The molecule has 1 amide bonds. The van der Waals surface area contributed by atoms with Crippen LogP contribution in [0.3, 0.4) is 0 Å². The molecule has 0 saturated carbocycles. The van der Waals surface area contributed by atoms with Gasteiger partial charge in [0.05, 0.1) is 13.2 Å². The van der Waals surface area contributed by atoms with Gasteiger partial charge < -0.3 is 15.4 Å². The fraction of sp³-hybridized carbons (Fsp3) is 0.562. The van der Waals surface area contributed by atoms with Crippen LogP contribution < -0.4 is 10.6 Å². The van der Waals surface area contributed by atoms with Gasteiger partial charge >= 0.3 is 0 Å². The van der Waals surface area contributed by atoms with Gasteiger partial charge in [0.25, 0.3) is 0 Å². The van der Waals surface area contributed by atoms with Crippen molar-refractivity contribution >= 4 is 29.9 Å². The molecule has 1 heterocycles. The molecule has 1 aliphatic heterocycles. The summed E-state index contributed by atoms with van der Waals surface area (Å²) in [5, 5.41) is 7.11. The highest BCUT2D eigenvalue weighted by atomic mass is 35.5.